The van der Waals surface area contributed by atoms with E-state index in [0.29, 0.717) is 18.0 Å². The van der Waals surface area contributed by atoms with Crippen molar-refractivity contribution >= 4 is 34.2 Å². The Balaban J connectivity index is 1.50. The molecule has 1 unspecified atom stereocenters. The van der Waals surface area contributed by atoms with Gasteiger partial charge >= 0.3 is 0 Å². The third kappa shape index (κ3) is 4.16. The van der Waals surface area contributed by atoms with E-state index < -0.39 is 0 Å². The van der Waals surface area contributed by atoms with Crippen LogP contribution in [0.3, 0.4) is 0 Å². The van der Waals surface area contributed by atoms with Crippen LogP contribution < -0.4 is 4.90 Å². The molecular weight excluding hydrogens is 430 g/mol. The van der Waals surface area contributed by atoms with E-state index in [0.717, 1.165) is 29.1 Å². The van der Waals surface area contributed by atoms with E-state index in [2.05, 4.69) is 55.7 Å². The molecule has 1 amide bonds. The molecule has 33 heavy (non-hydrogen) atoms. The Hall–Kier alpha value is -3.11. The molecule has 1 aromatic heterocycles. The second kappa shape index (κ2) is 8.35. The quantitative estimate of drug-likeness (QED) is 0.348. The number of fused-ring (bicyclic) bond motifs is 1. The Kier molecular flexibility index (Phi) is 5.49. The van der Waals surface area contributed by atoms with Gasteiger partial charge in [-0.2, -0.15) is 0 Å². The van der Waals surface area contributed by atoms with Gasteiger partial charge in [-0.15, -0.1) is 0 Å². The number of aromatic nitrogens is 2. The molecule has 1 atom stereocenters. The van der Waals surface area contributed by atoms with Crippen molar-refractivity contribution in [1.29, 1.82) is 0 Å². The normalized spacial score (nSPS) is 16.7. The molecule has 1 aliphatic heterocycles. The average Bonchev–Trinajstić information content (AvgIpc) is 3.34. The van der Waals surface area contributed by atoms with Gasteiger partial charge in [0.2, 0.25) is 5.91 Å². The third-order valence-corrected chi connectivity index (χ3v) is 6.80. The average molecular weight is 458 g/mol. The second-order valence-electron chi connectivity index (χ2n) is 9.85. The van der Waals surface area contributed by atoms with E-state index in [1.807, 2.05) is 42.5 Å². The molecular formula is C28H28ClN3O. The van der Waals surface area contributed by atoms with Crippen molar-refractivity contribution in [3.8, 4) is 0 Å². The highest BCUT2D eigenvalue weighted by atomic mass is 35.5. The minimum absolute atomic E-state index is 0.00928. The summed E-state index contributed by atoms with van der Waals surface area (Å²) in [7, 11) is 0. The highest BCUT2D eigenvalue weighted by molar-refractivity contribution is 6.33. The fraction of sp³-hybridized carbons (Fsp3) is 0.286. The van der Waals surface area contributed by atoms with Crippen LogP contribution >= 0.6 is 11.6 Å². The zero-order valence-electron chi connectivity index (χ0n) is 19.3. The number of halogens is 1. The van der Waals surface area contributed by atoms with Crippen LogP contribution in [0.2, 0.25) is 5.02 Å². The highest BCUT2D eigenvalue weighted by Crippen LogP contribution is 2.36. The molecule has 2 heterocycles. The first-order valence-electron chi connectivity index (χ1n) is 11.4. The number of anilines is 1. The summed E-state index contributed by atoms with van der Waals surface area (Å²) in [6, 6.07) is 24.6. The lowest BCUT2D eigenvalue weighted by Crippen LogP contribution is -2.24. The molecule has 0 saturated carbocycles. The lowest BCUT2D eigenvalue weighted by molar-refractivity contribution is -0.117. The molecule has 168 valence electrons. The number of amides is 1. The molecule has 5 rings (SSSR count). The summed E-state index contributed by atoms with van der Waals surface area (Å²) in [4.78, 5) is 19.7. The first-order chi connectivity index (χ1) is 15.8. The van der Waals surface area contributed by atoms with Crippen LogP contribution in [0, 0.1) is 0 Å². The fourth-order valence-corrected chi connectivity index (χ4v) is 4.89. The van der Waals surface area contributed by atoms with Crippen LogP contribution in [0.5, 0.6) is 0 Å². The van der Waals surface area contributed by atoms with Gasteiger partial charge in [-0.25, -0.2) is 4.98 Å². The molecule has 0 radical (unpaired) electrons. The van der Waals surface area contributed by atoms with E-state index >= 15 is 0 Å². The van der Waals surface area contributed by atoms with Crippen molar-refractivity contribution in [2.24, 2.45) is 0 Å². The van der Waals surface area contributed by atoms with E-state index in [1.54, 1.807) is 4.90 Å². The predicted octanol–water partition coefficient (Wildman–Crippen LogP) is 6.56. The monoisotopic (exact) mass is 457 g/mol. The van der Waals surface area contributed by atoms with Crippen LogP contribution in [-0.2, 0) is 16.8 Å². The van der Waals surface area contributed by atoms with Gasteiger partial charge in [0.15, 0.2) is 0 Å². The Morgan fingerprint density at radius 2 is 1.67 bits per heavy atom. The number of nitrogens with zero attached hydrogens (tertiary/aromatic N) is 3. The molecule has 0 aliphatic carbocycles. The first-order valence-corrected chi connectivity index (χ1v) is 11.8. The van der Waals surface area contributed by atoms with Gasteiger partial charge in [-0.1, -0.05) is 80.9 Å². The van der Waals surface area contributed by atoms with Gasteiger partial charge in [0.25, 0.3) is 0 Å². The number of rotatable bonds is 4. The van der Waals surface area contributed by atoms with E-state index in [4.69, 9.17) is 16.6 Å². The number of imidazole rings is 1. The summed E-state index contributed by atoms with van der Waals surface area (Å²) in [6.45, 7) is 7.98. The molecule has 0 spiro atoms. The van der Waals surface area contributed by atoms with E-state index in [1.165, 1.54) is 11.1 Å². The summed E-state index contributed by atoms with van der Waals surface area (Å²) < 4.78 is 2.27. The smallest absolute Gasteiger partial charge is 0.227 e. The Bertz CT molecular complexity index is 1320. The maximum absolute atomic E-state index is 13.0. The highest BCUT2D eigenvalue weighted by Gasteiger charge is 2.35. The number of hydrogen-bond donors (Lipinski definition) is 0. The van der Waals surface area contributed by atoms with Gasteiger partial charge in [0, 0.05) is 25.4 Å². The minimum atomic E-state index is 0.00928. The van der Waals surface area contributed by atoms with Crippen molar-refractivity contribution in [3.63, 3.8) is 0 Å². The molecule has 1 aliphatic rings. The molecule has 4 aromatic rings. The number of para-hydroxylation sites is 3. The molecule has 4 nitrogen and oxygen atoms in total. The summed E-state index contributed by atoms with van der Waals surface area (Å²) in [5.74, 6) is 1.05. The molecule has 0 bridgehead atoms. The summed E-state index contributed by atoms with van der Waals surface area (Å²) in [6.07, 6.45) is 0.428. The van der Waals surface area contributed by atoms with Gasteiger partial charge in [0.05, 0.1) is 21.7 Å². The molecule has 5 heteroatoms. The predicted molar refractivity (Wildman–Crippen MR) is 135 cm³/mol. The van der Waals surface area contributed by atoms with Crippen molar-refractivity contribution in [2.45, 2.75) is 45.1 Å². The number of carbonyl (C=O) groups is 1. The van der Waals surface area contributed by atoms with Crippen molar-refractivity contribution in [3.05, 3.63) is 94.8 Å². The van der Waals surface area contributed by atoms with Gasteiger partial charge in [-0.3, -0.25) is 4.79 Å². The maximum atomic E-state index is 13.0. The summed E-state index contributed by atoms with van der Waals surface area (Å²) in [5, 5.41) is 0.596. The maximum Gasteiger partial charge on any atom is 0.227 e. The third-order valence-electron chi connectivity index (χ3n) is 6.48. The van der Waals surface area contributed by atoms with Crippen LogP contribution in [0.4, 0.5) is 5.69 Å². The Morgan fingerprint density at radius 3 is 2.39 bits per heavy atom. The van der Waals surface area contributed by atoms with Crippen molar-refractivity contribution < 1.29 is 4.79 Å². The zero-order chi connectivity index (χ0) is 23.2. The topological polar surface area (TPSA) is 38.1 Å². The summed E-state index contributed by atoms with van der Waals surface area (Å²) >= 11 is 6.40. The summed E-state index contributed by atoms with van der Waals surface area (Å²) in [5.41, 5.74) is 5.49. The van der Waals surface area contributed by atoms with Gasteiger partial charge in [-0.05, 0) is 40.8 Å². The van der Waals surface area contributed by atoms with Crippen LogP contribution in [-0.4, -0.2) is 22.0 Å². The molecule has 1 fully saturated rings. The molecule has 1 saturated heterocycles. The largest absolute Gasteiger partial charge is 0.323 e. The standard InChI is InChI=1S/C28H28ClN3O/c1-28(2,3)21-14-12-19(13-15-21)17-32-25-11-7-5-9-23(25)30-27(32)20-16-26(33)31(18-20)24-10-6-4-8-22(24)29/h4-15,20H,16-18H2,1-3H3. The fourth-order valence-electron chi connectivity index (χ4n) is 4.65. The first kappa shape index (κ1) is 21.7. The zero-order valence-corrected chi connectivity index (χ0v) is 20.0. The van der Waals surface area contributed by atoms with Crippen molar-refractivity contribution in [1.82, 2.24) is 9.55 Å². The van der Waals surface area contributed by atoms with Gasteiger partial charge in [0.1, 0.15) is 5.82 Å². The van der Waals surface area contributed by atoms with Gasteiger partial charge < -0.3 is 9.47 Å². The minimum Gasteiger partial charge on any atom is -0.323 e. The van der Waals surface area contributed by atoms with Crippen LogP contribution in [0.25, 0.3) is 11.0 Å². The number of benzene rings is 3. The Morgan fingerprint density at radius 1 is 0.970 bits per heavy atom. The van der Waals surface area contributed by atoms with Crippen LogP contribution in [0.15, 0.2) is 72.8 Å². The Labute approximate surface area is 199 Å². The number of carbonyl (C=O) groups excluding carboxylic acids is 1. The van der Waals surface area contributed by atoms with E-state index in [-0.39, 0.29) is 17.2 Å². The molecule has 3 aromatic carbocycles. The van der Waals surface area contributed by atoms with Crippen LogP contribution in [0.1, 0.15) is 50.1 Å². The second-order valence-corrected chi connectivity index (χ2v) is 10.3. The van der Waals surface area contributed by atoms with Crippen molar-refractivity contribution in [2.75, 3.05) is 11.4 Å². The molecule has 0 N–H and O–H groups in total. The SMILES string of the molecule is CC(C)(C)c1ccc(Cn2c(C3CC(=O)N(c4ccccc4Cl)C3)nc3ccccc32)cc1. The number of hydrogen-bond acceptors (Lipinski definition) is 2. The van der Waals surface area contributed by atoms with E-state index in [9.17, 15) is 4.79 Å². The lowest BCUT2D eigenvalue weighted by atomic mass is 9.87. The lowest BCUT2D eigenvalue weighted by Gasteiger charge is -2.20.